The SMILES string of the molecule is Cc1ccc(NC(=O)c2ccnc(C(=O)Nc3ccc(C#N)cc3)c2)cc1Cl. The Balaban J connectivity index is 1.73. The van der Waals surface area contributed by atoms with E-state index in [1.165, 1.54) is 18.3 Å². The zero-order valence-electron chi connectivity index (χ0n) is 14.9. The molecule has 0 atom stereocenters. The first-order valence-electron chi connectivity index (χ1n) is 8.31. The van der Waals surface area contributed by atoms with Crippen LogP contribution in [0.5, 0.6) is 0 Å². The quantitative estimate of drug-likeness (QED) is 0.689. The number of carbonyl (C=O) groups is 2. The molecule has 2 N–H and O–H groups in total. The summed E-state index contributed by atoms with van der Waals surface area (Å²) in [4.78, 5) is 28.9. The van der Waals surface area contributed by atoms with E-state index in [0.717, 1.165) is 5.56 Å². The predicted molar refractivity (Wildman–Crippen MR) is 107 cm³/mol. The van der Waals surface area contributed by atoms with Crippen LogP contribution >= 0.6 is 11.6 Å². The Morgan fingerprint density at radius 2 is 1.64 bits per heavy atom. The van der Waals surface area contributed by atoms with Gasteiger partial charge in [0.05, 0.1) is 11.6 Å². The van der Waals surface area contributed by atoms with Crippen LogP contribution in [0.1, 0.15) is 32.0 Å². The molecule has 1 aromatic heterocycles. The smallest absolute Gasteiger partial charge is 0.274 e. The molecule has 0 saturated heterocycles. The number of hydrogen-bond acceptors (Lipinski definition) is 4. The third-order valence-electron chi connectivity index (χ3n) is 3.96. The maximum absolute atomic E-state index is 12.5. The molecule has 0 bridgehead atoms. The van der Waals surface area contributed by atoms with Gasteiger partial charge < -0.3 is 10.6 Å². The van der Waals surface area contributed by atoms with Crippen molar-refractivity contribution in [3.63, 3.8) is 0 Å². The molecule has 0 aliphatic heterocycles. The number of nitrogens with one attached hydrogen (secondary N) is 2. The van der Waals surface area contributed by atoms with E-state index in [-0.39, 0.29) is 17.2 Å². The van der Waals surface area contributed by atoms with Crippen LogP contribution in [0.15, 0.2) is 60.8 Å². The summed E-state index contributed by atoms with van der Waals surface area (Å²) in [6, 6.07) is 16.6. The standard InChI is InChI=1S/C21H15ClN4O2/c1-13-2-5-17(11-18(13)22)26-20(27)15-8-9-24-19(10-15)21(28)25-16-6-3-14(12-23)4-7-16/h2-11H,1H3,(H,25,28)(H,26,27). The van der Waals surface area contributed by atoms with Gasteiger partial charge in [0.2, 0.25) is 0 Å². The number of aromatic nitrogens is 1. The first-order valence-corrected chi connectivity index (χ1v) is 8.69. The second-order valence-corrected chi connectivity index (χ2v) is 6.40. The van der Waals surface area contributed by atoms with Gasteiger partial charge in [-0.05, 0) is 61.0 Å². The molecule has 0 saturated carbocycles. The highest BCUT2D eigenvalue weighted by molar-refractivity contribution is 6.31. The lowest BCUT2D eigenvalue weighted by Gasteiger charge is -2.08. The summed E-state index contributed by atoms with van der Waals surface area (Å²) in [6.45, 7) is 1.87. The molecular formula is C21H15ClN4O2. The number of halogens is 1. The van der Waals surface area contributed by atoms with Crippen LogP contribution in [-0.4, -0.2) is 16.8 Å². The van der Waals surface area contributed by atoms with E-state index in [4.69, 9.17) is 16.9 Å². The van der Waals surface area contributed by atoms with Crippen molar-refractivity contribution < 1.29 is 9.59 Å². The predicted octanol–water partition coefficient (Wildman–Crippen LogP) is 4.42. The van der Waals surface area contributed by atoms with Crippen LogP contribution in [-0.2, 0) is 0 Å². The second kappa shape index (κ2) is 8.33. The zero-order valence-corrected chi connectivity index (χ0v) is 15.6. The van der Waals surface area contributed by atoms with E-state index in [9.17, 15) is 9.59 Å². The fraction of sp³-hybridized carbons (Fsp3) is 0.0476. The second-order valence-electron chi connectivity index (χ2n) is 5.99. The normalized spacial score (nSPS) is 10.0. The molecular weight excluding hydrogens is 376 g/mol. The molecule has 0 radical (unpaired) electrons. The number of nitrogens with zero attached hydrogens (tertiary/aromatic N) is 2. The van der Waals surface area contributed by atoms with Gasteiger partial charge in [0.15, 0.2) is 0 Å². The highest BCUT2D eigenvalue weighted by Gasteiger charge is 2.13. The minimum Gasteiger partial charge on any atom is -0.322 e. The fourth-order valence-electron chi connectivity index (χ4n) is 2.39. The first-order chi connectivity index (χ1) is 13.5. The molecule has 1 heterocycles. The Morgan fingerprint density at radius 1 is 0.964 bits per heavy atom. The number of carbonyl (C=O) groups excluding carboxylic acids is 2. The van der Waals surface area contributed by atoms with Crippen LogP contribution < -0.4 is 10.6 Å². The lowest BCUT2D eigenvalue weighted by molar-refractivity contribution is 0.102. The van der Waals surface area contributed by atoms with Crippen molar-refractivity contribution in [1.29, 1.82) is 5.26 Å². The van der Waals surface area contributed by atoms with Gasteiger partial charge in [-0.1, -0.05) is 17.7 Å². The molecule has 0 unspecified atom stereocenters. The van der Waals surface area contributed by atoms with Gasteiger partial charge in [-0.3, -0.25) is 14.6 Å². The molecule has 2 aromatic carbocycles. The van der Waals surface area contributed by atoms with Gasteiger partial charge in [-0.25, -0.2) is 0 Å². The van der Waals surface area contributed by atoms with E-state index in [0.29, 0.717) is 22.0 Å². The highest BCUT2D eigenvalue weighted by Crippen LogP contribution is 2.20. The Morgan fingerprint density at radius 3 is 2.32 bits per heavy atom. The summed E-state index contributed by atoms with van der Waals surface area (Å²) in [5.41, 5.74) is 2.86. The van der Waals surface area contributed by atoms with Gasteiger partial charge in [-0.15, -0.1) is 0 Å². The first kappa shape index (κ1) is 19.1. The third-order valence-corrected chi connectivity index (χ3v) is 4.36. The summed E-state index contributed by atoms with van der Waals surface area (Å²) < 4.78 is 0. The minimum atomic E-state index is -0.460. The van der Waals surface area contributed by atoms with Crippen molar-refractivity contribution >= 4 is 34.8 Å². The van der Waals surface area contributed by atoms with Crippen LogP contribution in [0, 0.1) is 18.3 Å². The Hall–Kier alpha value is -3.69. The molecule has 7 heteroatoms. The Labute approximate surface area is 166 Å². The van der Waals surface area contributed by atoms with E-state index in [1.54, 1.807) is 42.5 Å². The topological polar surface area (TPSA) is 94.9 Å². The van der Waals surface area contributed by atoms with E-state index in [2.05, 4.69) is 15.6 Å². The van der Waals surface area contributed by atoms with Crippen LogP contribution in [0.25, 0.3) is 0 Å². The van der Waals surface area contributed by atoms with Crippen LogP contribution in [0.3, 0.4) is 0 Å². The summed E-state index contributed by atoms with van der Waals surface area (Å²) in [7, 11) is 0. The average molecular weight is 391 g/mol. The summed E-state index contributed by atoms with van der Waals surface area (Å²) in [5.74, 6) is -0.840. The zero-order chi connectivity index (χ0) is 20.1. The summed E-state index contributed by atoms with van der Waals surface area (Å²) in [5, 5.41) is 14.8. The van der Waals surface area contributed by atoms with E-state index >= 15 is 0 Å². The number of amides is 2. The number of benzene rings is 2. The van der Waals surface area contributed by atoms with Crippen molar-refractivity contribution in [2.45, 2.75) is 6.92 Å². The lowest BCUT2D eigenvalue weighted by atomic mass is 10.2. The number of pyridine rings is 1. The largest absolute Gasteiger partial charge is 0.322 e. The van der Waals surface area contributed by atoms with Gasteiger partial charge >= 0.3 is 0 Å². The summed E-state index contributed by atoms with van der Waals surface area (Å²) >= 11 is 6.07. The number of rotatable bonds is 4. The molecule has 3 aromatic rings. The lowest BCUT2D eigenvalue weighted by Crippen LogP contribution is -2.17. The molecule has 0 aliphatic carbocycles. The van der Waals surface area contributed by atoms with Crippen molar-refractivity contribution in [2.75, 3.05) is 10.6 Å². The van der Waals surface area contributed by atoms with Gasteiger partial charge in [-0.2, -0.15) is 5.26 Å². The van der Waals surface area contributed by atoms with Crippen molar-refractivity contribution in [3.05, 3.63) is 88.2 Å². The van der Waals surface area contributed by atoms with Crippen molar-refractivity contribution in [3.8, 4) is 6.07 Å². The maximum atomic E-state index is 12.5. The molecule has 6 nitrogen and oxygen atoms in total. The molecule has 138 valence electrons. The van der Waals surface area contributed by atoms with Crippen LogP contribution in [0.4, 0.5) is 11.4 Å². The van der Waals surface area contributed by atoms with Crippen molar-refractivity contribution in [2.24, 2.45) is 0 Å². The van der Waals surface area contributed by atoms with Gasteiger partial charge in [0, 0.05) is 28.2 Å². The summed E-state index contributed by atoms with van der Waals surface area (Å²) in [6.07, 6.45) is 1.39. The fourth-order valence-corrected chi connectivity index (χ4v) is 2.57. The molecule has 0 aliphatic rings. The van der Waals surface area contributed by atoms with Crippen molar-refractivity contribution in [1.82, 2.24) is 4.98 Å². The number of hydrogen-bond donors (Lipinski definition) is 2. The molecule has 0 fully saturated rings. The maximum Gasteiger partial charge on any atom is 0.274 e. The Bertz CT molecular complexity index is 1090. The average Bonchev–Trinajstić information content (AvgIpc) is 2.71. The van der Waals surface area contributed by atoms with E-state index < -0.39 is 5.91 Å². The third kappa shape index (κ3) is 4.53. The molecule has 0 spiro atoms. The molecule has 2 amide bonds. The number of nitriles is 1. The highest BCUT2D eigenvalue weighted by atomic mass is 35.5. The number of aryl methyl sites for hydroxylation is 1. The molecule has 3 rings (SSSR count). The monoisotopic (exact) mass is 390 g/mol. The van der Waals surface area contributed by atoms with E-state index in [1.807, 2.05) is 13.0 Å². The molecule has 28 heavy (non-hydrogen) atoms. The minimum absolute atomic E-state index is 0.0962. The van der Waals surface area contributed by atoms with Crippen LogP contribution in [0.2, 0.25) is 5.02 Å². The van der Waals surface area contributed by atoms with Gasteiger partial charge in [0.25, 0.3) is 11.8 Å². The number of anilines is 2. The Kier molecular flexibility index (Phi) is 5.68. The van der Waals surface area contributed by atoms with Gasteiger partial charge in [0.1, 0.15) is 5.69 Å².